The van der Waals surface area contributed by atoms with E-state index >= 15 is 0 Å². The maximum absolute atomic E-state index is 13.7. The van der Waals surface area contributed by atoms with Crippen LogP contribution in [0.15, 0.2) is 53.1 Å². The number of halogens is 1. The number of benzene rings is 1. The Hall–Kier alpha value is -2.89. The second-order valence-electron chi connectivity index (χ2n) is 4.76. The van der Waals surface area contributed by atoms with E-state index in [-0.39, 0.29) is 5.82 Å². The van der Waals surface area contributed by atoms with E-state index in [0.29, 0.717) is 24.0 Å². The molecule has 0 aliphatic rings. The van der Waals surface area contributed by atoms with Gasteiger partial charge in [-0.05, 0) is 31.2 Å². The highest BCUT2D eigenvalue weighted by Gasteiger charge is 2.06. The zero-order valence-corrected chi connectivity index (χ0v) is 12.0. The Morgan fingerprint density at radius 2 is 2.00 bits per heavy atom. The summed E-state index contributed by atoms with van der Waals surface area (Å²) in [5.74, 6) is 1.44. The van der Waals surface area contributed by atoms with Crippen LogP contribution in [0.25, 0.3) is 0 Å². The van der Waals surface area contributed by atoms with Crippen molar-refractivity contribution < 1.29 is 8.81 Å². The normalized spacial score (nSPS) is 10.5. The summed E-state index contributed by atoms with van der Waals surface area (Å²) in [5, 5.41) is 6.04. The molecule has 0 unspecified atom stereocenters. The van der Waals surface area contributed by atoms with E-state index < -0.39 is 0 Å². The molecule has 0 bridgehead atoms. The monoisotopic (exact) mass is 298 g/mol. The predicted molar refractivity (Wildman–Crippen MR) is 82.5 cm³/mol. The number of anilines is 3. The fraction of sp³-hybridized carbons (Fsp3) is 0.125. The molecule has 0 saturated carbocycles. The first-order valence-corrected chi connectivity index (χ1v) is 6.84. The highest BCUT2D eigenvalue weighted by molar-refractivity contribution is 5.58. The Labute approximate surface area is 127 Å². The van der Waals surface area contributed by atoms with E-state index in [9.17, 15) is 4.39 Å². The van der Waals surface area contributed by atoms with Crippen molar-refractivity contribution in [1.82, 2.24) is 9.97 Å². The van der Waals surface area contributed by atoms with Crippen LogP contribution in [-0.2, 0) is 6.54 Å². The molecule has 6 heteroatoms. The Bertz CT molecular complexity index is 759. The van der Waals surface area contributed by atoms with Gasteiger partial charge in [-0.1, -0.05) is 12.1 Å². The van der Waals surface area contributed by atoms with Crippen LogP contribution < -0.4 is 10.6 Å². The van der Waals surface area contributed by atoms with Crippen LogP contribution >= 0.6 is 0 Å². The smallest absolute Gasteiger partial charge is 0.225 e. The van der Waals surface area contributed by atoms with Crippen LogP contribution in [-0.4, -0.2) is 9.97 Å². The quantitative estimate of drug-likeness (QED) is 0.748. The molecule has 0 radical (unpaired) electrons. The molecule has 0 saturated heterocycles. The highest BCUT2D eigenvalue weighted by atomic mass is 19.1. The van der Waals surface area contributed by atoms with Crippen molar-refractivity contribution in [2.75, 3.05) is 10.6 Å². The predicted octanol–water partition coefficient (Wildman–Crippen LogP) is 3.87. The van der Waals surface area contributed by atoms with Crippen molar-refractivity contribution in [2.24, 2.45) is 0 Å². The standard InChI is InChI=1S/C16H15FN4O/c1-11-9-15(20-14-7-3-2-6-13(14)17)21-16(19-11)18-10-12-5-4-8-22-12/h2-9H,10H2,1H3,(H2,18,19,20,21). The molecule has 22 heavy (non-hydrogen) atoms. The molecule has 0 aliphatic carbocycles. The third-order valence-corrected chi connectivity index (χ3v) is 2.99. The van der Waals surface area contributed by atoms with E-state index in [0.717, 1.165) is 11.5 Å². The van der Waals surface area contributed by atoms with E-state index in [1.54, 1.807) is 30.5 Å². The molecule has 2 N–H and O–H groups in total. The molecule has 5 nitrogen and oxygen atoms in total. The fourth-order valence-corrected chi connectivity index (χ4v) is 1.99. The van der Waals surface area contributed by atoms with Gasteiger partial charge >= 0.3 is 0 Å². The lowest BCUT2D eigenvalue weighted by Gasteiger charge is -2.10. The minimum atomic E-state index is -0.330. The summed E-state index contributed by atoms with van der Waals surface area (Å²) in [6, 6.07) is 11.9. The summed E-state index contributed by atoms with van der Waals surface area (Å²) in [6.45, 7) is 2.34. The van der Waals surface area contributed by atoms with Crippen LogP contribution in [0.1, 0.15) is 11.5 Å². The van der Waals surface area contributed by atoms with E-state index in [2.05, 4.69) is 20.6 Å². The number of nitrogens with one attached hydrogen (secondary N) is 2. The largest absolute Gasteiger partial charge is 0.467 e. The summed E-state index contributed by atoms with van der Waals surface area (Å²) in [7, 11) is 0. The molecule has 2 heterocycles. The van der Waals surface area contributed by atoms with Crippen molar-refractivity contribution >= 4 is 17.5 Å². The fourth-order valence-electron chi connectivity index (χ4n) is 1.99. The zero-order valence-electron chi connectivity index (χ0n) is 12.0. The highest BCUT2D eigenvalue weighted by Crippen LogP contribution is 2.19. The Balaban J connectivity index is 1.76. The first kappa shape index (κ1) is 14.1. The zero-order chi connectivity index (χ0) is 15.4. The number of nitrogens with zero attached hydrogens (tertiary/aromatic N) is 2. The molecule has 0 aliphatic heterocycles. The van der Waals surface area contributed by atoms with Crippen molar-refractivity contribution in [3.63, 3.8) is 0 Å². The van der Waals surface area contributed by atoms with Crippen molar-refractivity contribution in [2.45, 2.75) is 13.5 Å². The van der Waals surface area contributed by atoms with Crippen molar-refractivity contribution in [1.29, 1.82) is 0 Å². The van der Waals surface area contributed by atoms with E-state index in [1.807, 2.05) is 19.1 Å². The van der Waals surface area contributed by atoms with Crippen LogP contribution in [0.5, 0.6) is 0 Å². The van der Waals surface area contributed by atoms with Crippen LogP contribution in [0.4, 0.5) is 21.8 Å². The minimum absolute atomic E-state index is 0.330. The maximum atomic E-state index is 13.7. The van der Waals surface area contributed by atoms with Gasteiger partial charge in [0.15, 0.2) is 0 Å². The van der Waals surface area contributed by atoms with Gasteiger partial charge in [-0.3, -0.25) is 0 Å². The number of aryl methyl sites for hydroxylation is 1. The number of para-hydroxylation sites is 1. The van der Waals surface area contributed by atoms with Gasteiger partial charge in [0.05, 0.1) is 18.5 Å². The second-order valence-corrected chi connectivity index (χ2v) is 4.76. The molecule has 0 atom stereocenters. The van der Waals surface area contributed by atoms with E-state index in [4.69, 9.17) is 4.42 Å². The van der Waals surface area contributed by atoms with Gasteiger partial charge in [0.2, 0.25) is 5.95 Å². The van der Waals surface area contributed by atoms with Gasteiger partial charge in [-0.15, -0.1) is 0 Å². The number of hydrogen-bond donors (Lipinski definition) is 2. The molecule has 3 aromatic rings. The van der Waals surface area contributed by atoms with Crippen molar-refractivity contribution in [3.05, 3.63) is 66.0 Å². The molecule has 0 fully saturated rings. The molecule has 3 rings (SSSR count). The molecule has 0 spiro atoms. The Morgan fingerprint density at radius 3 is 2.77 bits per heavy atom. The number of aromatic nitrogens is 2. The first-order chi connectivity index (χ1) is 10.7. The minimum Gasteiger partial charge on any atom is -0.467 e. The lowest BCUT2D eigenvalue weighted by atomic mass is 10.3. The number of rotatable bonds is 5. The maximum Gasteiger partial charge on any atom is 0.225 e. The first-order valence-electron chi connectivity index (χ1n) is 6.84. The second kappa shape index (κ2) is 6.26. The van der Waals surface area contributed by atoms with Crippen LogP contribution in [0, 0.1) is 12.7 Å². The Morgan fingerprint density at radius 1 is 1.14 bits per heavy atom. The summed E-state index contributed by atoms with van der Waals surface area (Å²) in [6.07, 6.45) is 1.61. The molecule has 112 valence electrons. The van der Waals surface area contributed by atoms with E-state index in [1.165, 1.54) is 6.07 Å². The molecule has 1 aromatic carbocycles. The number of furan rings is 1. The molecular weight excluding hydrogens is 283 g/mol. The average molecular weight is 298 g/mol. The summed E-state index contributed by atoms with van der Waals surface area (Å²) < 4.78 is 18.9. The van der Waals surface area contributed by atoms with Gasteiger partial charge in [0.1, 0.15) is 17.4 Å². The summed E-state index contributed by atoms with van der Waals surface area (Å²) >= 11 is 0. The Kier molecular flexibility index (Phi) is 4.00. The third-order valence-electron chi connectivity index (χ3n) is 2.99. The molecule has 0 amide bonds. The molecule has 2 aromatic heterocycles. The van der Waals surface area contributed by atoms with Crippen molar-refractivity contribution in [3.8, 4) is 0 Å². The van der Waals surface area contributed by atoms with Gasteiger partial charge in [0.25, 0.3) is 0 Å². The topological polar surface area (TPSA) is 63.0 Å². The van der Waals surface area contributed by atoms with Gasteiger partial charge in [-0.2, -0.15) is 4.98 Å². The third kappa shape index (κ3) is 3.41. The van der Waals surface area contributed by atoms with Gasteiger partial charge in [0, 0.05) is 11.8 Å². The molecular formula is C16H15FN4O. The summed E-state index contributed by atoms with van der Waals surface area (Å²) in [5.41, 5.74) is 1.15. The van der Waals surface area contributed by atoms with Crippen LogP contribution in [0.2, 0.25) is 0 Å². The van der Waals surface area contributed by atoms with Gasteiger partial charge < -0.3 is 15.1 Å². The average Bonchev–Trinajstić information content (AvgIpc) is 3.00. The van der Waals surface area contributed by atoms with Crippen LogP contribution in [0.3, 0.4) is 0 Å². The van der Waals surface area contributed by atoms with Gasteiger partial charge in [-0.25, -0.2) is 9.37 Å². The number of hydrogen-bond acceptors (Lipinski definition) is 5. The summed E-state index contributed by atoms with van der Waals surface area (Å²) in [4.78, 5) is 8.63. The lowest BCUT2D eigenvalue weighted by Crippen LogP contribution is -2.06. The lowest BCUT2D eigenvalue weighted by molar-refractivity contribution is 0.517. The SMILES string of the molecule is Cc1cc(Nc2ccccc2F)nc(NCc2ccco2)n1.